The molecule has 142 valence electrons. The molecule has 0 unspecified atom stereocenters. The van der Waals surface area contributed by atoms with E-state index in [9.17, 15) is 9.90 Å². The first-order valence-corrected chi connectivity index (χ1v) is 9.64. The molecule has 3 nitrogen and oxygen atoms in total. The molecule has 0 fully saturated rings. The Labute approximate surface area is 153 Å². The predicted molar refractivity (Wildman–Crippen MR) is 104 cm³/mol. The van der Waals surface area contributed by atoms with Crippen molar-refractivity contribution in [3.63, 3.8) is 0 Å². The Morgan fingerprint density at radius 2 is 1.36 bits per heavy atom. The summed E-state index contributed by atoms with van der Waals surface area (Å²) in [5.41, 5.74) is 3.01. The van der Waals surface area contributed by atoms with Crippen molar-refractivity contribution in [1.29, 1.82) is 0 Å². The third kappa shape index (κ3) is 4.56. The zero-order chi connectivity index (χ0) is 19.3. The van der Waals surface area contributed by atoms with Crippen LogP contribution in [0.2, 0.25) is 0 Å². The maximum atomic E-state index is 11.6. The summed E-state index contributed by atoms with van der Waals surface area (Å²) < 4.78 is 4.79. The predicted octanol–water partition coefficient (Wildman–Crippen LogP) is 5.65. The molecule has 0 aliphatic heterocycles. The van der Waals surface area contributed by atoms with Crippen LogP contribution in [-0.4, -0.2) is 18.2 Å². The minimum Gasteiger partial charge on any atom is -0.507 e. The zero-order valence-corrected chi connectivity index (χ0v) is 17.2. The highest BCUT2D eigenvalue weighted by Gasteiger charge is 2.32. The van der Waals surface area contributed by atoms with Gasteiger partial charge in [-0.25, -0.2) is 0 Å². The first kappa shape index (κ1) is 21.5. The number of phenolic OH excluding ortho intramolecular Hbond substituents is 1. The lowest BCUT2D eigenvalue weighted by molar-refractivity contribution is -0.140. The Bertz CT molecular complexity index is 542. The van der Waals surface area contributed by atoms with Crippen LogP contribution in [0, 0.1) is 0 Å². The van der Waals surface area contributed by atoms with Gasteiger partial charge in [0.25, 0.3) is 0 Å². The average molecular weight is 349 g/mol. The van der Waals surface area contributed by atoms with Gasteiger partial charge in [0.2, 0.25) is 0 Å². The molecule has 0 aliphatic carbocycles. The van der Waals surface area contributed by atoms with E-state index in [0.717, 1.165) is 42.4 Å². The van der Waals surface area contributed by atoms with Crippen molar-refractivity contribution >= 4 is 5.97 Å². The number of esters is 1. The molecule has 0 aliphatic rings. The highest BCUT2D eigenvalue weighted by Crippen LogP contribution is 2.45. The highest BCUT2D eigenvalue weighted by atomic mass is 16.5. The van der Waals surface area contributed by atoms with E-state index in [1.807, 2.05) is 0 Å². The van der Waals surface area contributed by atoms with Gasteiger partial charge in [-0.1, -0.05) is 53.7 Å². The van der Waals surface area contributed by atoms with Crippen LogP contribution < -0.4 is 0 Å². The van der Waals surface area contributed by atoms with Gasteiger partial charge in [0.1, 0.15) is 5.75 Å². The quantitative estimate of drug-likeness (QED) is 0.586. The molecule has 0 aromatic heterocycles. The van der Waals surface area contributed by atoms with Gasteiger partial charge in [0.15, 0.2) is 0 Å². The maximum Gasteiger partial charge on any atom is 0.305 e. The lowest BCUT2D eigenvalue weighted by atomic mass is 9.71. The Morgan fingerprint density at radius 3 is 1.68 bits per heavy atom. The molecule has 1 aromatic carbocycles. The summed E-state index contributed by atoms with van der Waals surface area (Å²) in [4.78, 5) is 11.6. The van der Waals surface area contributed by atoms with Gasteiger partial charge in [0.05, 0.1) is 7.11 Å². The van der Waals surface area contributed by atoms with Gasteiger partial charge in [0, 0.05) is 17.5 Å². The molecule has 0 bridgehead atoms. The van der Waals surface area contributed by atoms with E-state index < -0.39 is 0 Å². The normalized spacial score (nSPS) is 12.3. The first-order chi connectivity index (χ1) is 11.7. The number of carbonyl (C=O) groups is 1. The van der Waals surface area contributed by atoms with Crippen molar-refractivity contribution in [2.75, 3.05) is 7.11 Å². The molecule has 1 N–H and O–H groups in total. The summed E-state index contributed by atoms with van der Waals surface area (Å²) in [6.45, 7) is 13.1. The van der Waals surface area contributed by atoms with Gasteiger partial charge in [-0.3, -0.25) is 4.79 Å². The average Bonchev–Trinajstić information content (AvgIpc) is 2.65. The molecule has 0 heterocycles. The molecule has 0 spiro atoms. The number of phenols is 1. The fourth-order valence-electron chi connectivity index (χ4n) is 3.37. The minimum absolute atomic E-state index is 0.0670. The van der Waals surface area contributed by atoms with Crippen LogP contribution in [0.3, 0.4) is 0 Å². The summed E-state index contributed by atoms with van der Waals surface area (Å²) in [5.74, 6) is 0.248. The lowest BCUT2D eigenvalue weighted by Gasteiger charge is -2.34. The number of aromatic hydroxyl groups is 1. The van der Waals surface area contributed by atoms with E-state index in [1.165, 1.54) is 7.11 Å². The number of hydrogen-bond acceptors (Lipinski definition) is 3. The third-order valence-electron chi connectivity index (χ3n) is 6.44. The Morgan fingerprint density at radius 1 is 0.960 bits per heavy atom. The second-order valence-electron chi connectivity index (χ2n) is 7.65. The van der Waals surface area contributed by atoms with Crippen molar-refractivity contribution < 1.29 is 14.6 Å². The zero-order valence-electron chi connectivity index (χ0n) is 17.2. The molecular weight excluding hydrogens is 312 g/mol. The fraction of sp³-hybridized carbons (Fsp3) is 0.682. The van der Waals surface area contributed by atoms with E-state index in [-0.39, 0.29) is 16.8 Å². The van der Waals surface area contributed by atoms with Crippen molar-refractivity contribution in [3.8, 4) is 5.75 Å². The molecule has 25 heavy (non-hydrogen) atoms. The van der Waals surface area contributed by atoms with E-state index >= 15 is 0 Å². The Balaban J connectivity index is 3.53. The van der Waals surface area contributed by atoms with Crippen LogP contribution >= 0.6 is 0 Å². The molecule has 0 saturated heterocycles. The summed E-state index contributed by atoms with van der Waals surface area (Å²) in [5, 5.41) is 11.1. The number of methoxy groups -OCH3 is 1. The third-order valence-corrected chi connectivity index (χ3v) is 6.44. The summed E-state index contributed by atoms with van der Waals surface area (Å²) in [6, 6.07) is 4.20. The van der Waals surface area contributed by atoms with E-state index in [1.54, 1.807) is 0 Å². The van der Waals surface area contributed by atoms with Gasteiger partial charge in [-0.05, 0) is 48.5 Å². The van der Waals surface area contributed by atoms with Gasteiger partial charge >= 0.3 is 5.97 Å². The second-order valence-corrected chi connectivity index (χ2v) is 7.65. The van der Waals surface area contributed by atoms with Crippen LogP contribution in [0.5, 0.6) is 5.75 Å². The summed E-state index contributed by atoms with van der Waals surface area (Å²) in [6.07, 6.45) is 4.86. The SMILES string of the molecule is CCC(C)(CC)c1cc(CCC(=O)OC)cc(C(C)(CC)CC)c1O. The standard InChI is InChI=1S/C22H36O3/c1-8-21(5,9-2)17-14-16(12-13-19(23)25-7)15-18(20(17)24)22(6,10-3)11-4/h14-15,24H,8-13H2,1-7H3. The molecule has 1 aromatic rings. The Kier molecular flexibility index (Phi) is 7.52. The number of carbonyl (C=O) groups excluding carboxylic acids is 1. The number of benzene rings is 1. The van der Waals surface area contributed by atoms with Crippen LogP contribution in [0.4, 0.5) is 0 Å². The number of rotatable bonds is 9. The largest absolute Gasteiger partial charge is 0.507 e. The van der Waals surface area contributed by atoms with Gasteiger partial charge < -0.3 is 9.84 Å². The van der Waals surface area contributed by atoms with E-state index in [4.69, 9.17) is 4.74 Å². The van der Waals surface area contributed by atoms with Crippen molar-refractivity contribution in [2.45, 2.75) is 90.9 Å². The summed E-state index contributed by atoms with van der Waals surface area (Å²) >= 11 is 0. The fourth-order valence-corrected chi connectivity index (χ4v) is 3.37. The number of ether oxygens (including phenoxy) is 1. The minimum atomic E-state index is -0.196. The molecule has 3 heteroatoms. The van der Waals surface area contributed by atoms with Crippen LogP contribution in [0.25, 0.3) is 0 Å². The van der Waals surface area contributed by atoms with Crippen molar-refractivity contribution in [3.05, 3.63) is 28.8 Å². The van der Waals surface area contributed by atoms with Gasteiger partial charge in [-0.2, -0.15) is 0 Å². The highest BCUT2D eigenvalue weighted by molar-refractivity contribution is 5.69. The lowest BCUT2D eigenvalue weighted by Crippen LogP contribution is -2.25. The van der Waals surface area contributed by atoms with Crippen LogP contribution in [0.1, 0.15) is 90.3 Å². The second kappa shape index (κ2) is 8.73. The molecule has 0 saturated carbocycles. The molecular formula is C22H36O3. The summed E-state index contributed by atoms with van der Waals surface area (Å²) in [7, 11) is 1.42. The number of aryl methyl sites for hydroxylation is 1. The molecule has 1 rings (SSSR count). The topological polar surface area (TPSA) is 46.5 Å². The number of hydrogen-bond donors (Lipinski definition) is 1. The molecule has 0 radical (unpaired) electrons. The molecule has 0 amide bonds. The monoisotopic (exact) mass is 348 g/mol. The van der Waals surface area contributed by atoms with Crippen LogP contribution in [0.15, 0.2) is 12.1 Å². The van der Waals surface area contributed by atoms with Crippen molar-refractivity contribution in [1.82, 2.24) is 0 Å². The van der Waals surface area contributed by atoms with Gasteiger partial charge in [-0.15, -0.1) is 0 Å². The van der Waals surface area contributed by atoms with E-state index in [2.05, 4.69) is 53.7 Å². The van der Waals surface area contributed by atoms with E-state index in [0.29, 0.717) is 18.6 Å². The van der Waals surface area contributed by atoms with Crippen LogP contribution in [-0.2, 0) is 26.8 Å². The smallest absolute Gasteiger partial charge is 0.305 e. The van der Waals surface area contributed by atoms with Crippen molar-refractivity contribution in [2.24, 2.45) is 0 Å². The maximum absolute atomic E-state index is 11.6. The first-order valence-electron chi connectivity index (χ1n) is 9.64. The Hall–Kier alpha value is -1.51. The molecule has 0 atom stereocenters.